The van der Waals surface area contributed by atoms with Crippen LogP contribution in [-0.2, 0) is 20.7 Å². The summed E-state index contributed by atoms with van der Waals surface area (Å²) < 4.78 is 9.38. The number of H-pyrrole nitrogens is 1. The topological polar surface area (TPSA) is 68.4 Å². The second kappa shape index (κ2) is 5.56. The zero-order valence-corrected chi connectivity index (χ0v) is 10.9. The number of carbonyl (C=O) groups is 2. The van der Waals surface area contributed by atoms with Gasteiger partial charge in [0.25, 0.3) is 0 Å². The monoisotopic (exact) mass is 261 g/mol. The van der Waals surface area contributed by atoms with Crippen molar-refractivity contribution < 1.29 is 19.1 Å². The Morgan fingerprint density at radius 2 is 1.89 bits per heavy atom. The zero-order valence-electron chi connectivity index (χ0n) is 10.9. The third-order valence-corrected chi connectivity index (χ3v) is 3.01. The van der Waals surface area contributed by atoms with E-state index in [0.29, 0.717) is 12.1 Å². The average Bonchev–Trinajstić information content (AvgIpc) is 2.82. The molecule has 0 amide bonds. The Kier molecular flexibility index (Phi) is 3.85. The molecule has 0 unspecified atom stereocenters. The van der Waals surface area contributed by atoms with Gasteiger partial charge in [-0.1, -0.05) is 18.2 Å². The van der Waals surface area contributed by atoms with E-state index >= 15 is 0 Å². The summed E-state index contributed by atoms with van der Waals surface area (Å²) in [7, 11) is 2.68. The summed E-state index contributed by atoms with van der Waals surface area (Å²) in [6.07, 6.45) is 0.656. The molecule has 1 heterocycles. The highest BCUT2D eigenvalue weighted by atomic mass is 16.5. The van der Waals surface area contributed by atoms with E-state index in [4.69, 9.17) is 4.74 Å². The van der Waals surface area contributed by atoms with Gasteiger partial charge >= 0.3 is 11.9 Å². The van der Waals surface area contributed by atoms with Gasteiger partial charge in [-0.15, -0.1) is 0 Å². The maximum absolute atomic E-state index is 11.7. The van der Waals surface area contributed by atoms with E-state index in [1.165, 1.54) is 14.2 Å². The molecular formula is C14H15NO4. The Morgan fingerprint density at radius 3 is 2.58 bits per heavy atom. The molecule has 0 fully saturated rings. The number of ether oxygens (including phenoxy) is 2. The predicted molar refractivity (Wildman–Crippen MR) is 70.0 cm³/mol. The number of rotatable bonds is 4. The number of aryl methyl sites for hydroxylation is 1. The molecule has 0 spiro atoms. The number of nitrogens with one attached hydrogen (secondary N) is 1. The highest BCUT2D eigenvalue weighted by Gasteiger charge is 2.18. The standard InChI is InChI=1S/C14H15NO4/c1-18-12(16)8-7-10-9-5-3-4-6-11(9)15-13(10)14(17)19-2/h3-6,15H,7-8H2,1-2H3. The van der Waals surface area contributed by atoms with Crippen LogP contribution in [0, 0.1) is 0 Å². The van der Waals surface area contributed by atoms with Crippen LogP contribution >= 0.6 is 0 Å². The van der Waals surface area contributed by atoms with E-state index in [0.717, 1.165) is 16.5 Å². The van der Waals surface area contributed by atoms with Crippen molar-refractivity contribution >= 4 is 22.8 Å². The first-order chi connectivity index (χ1) is 9.17. The minimum atomic E-state index is -0.434. The van der Waals surface area contributed by atoms with Crippen LogP contribution in [0.3, 0.4) is 0 Å². The van der Waals surface area contributed by atoms with Crippen LogP contribution in [0.5, 0.6) is 0 Å². The normalized spacial score (nSPS) is 10.4. The predicted octanol–water partition coefficient (Wildman–Crippen LogP) is 2.06. The summed E-state index contributed by atoms with van der Waals surface area (Å²) in [6.45, 7) is 0. The van der Waals surface area contributed by atoms with Crippen LogP contribution < -0.4 is 0 Å². The SMILES string of the molecule is COC(=O)CCc1c(C(=O)OC)[nH]c2ccccc12. The van der Waals surface area contributed by atoms with Crippen LogP contribution in [0.1, 0.15) is 22.5 Å². The lowest BCUT2D eigenvalue weighted by atomic mass is 10.1. The van der Waals surface area contributed by atoms with Crippen LogP contribution in [-0.4, -0.2) is 31.1 Å². The van der Waals surface area contributed by atoms with Crippen LogP contribution in [0.15, 0.2) is 24.3 Å². The molecule has 0 saturated heterocycles. The van der Waals surface area contributed by atoms with Gasteiger partial charge < -0.3 is 14.5 Å². The summed E-state index contributed by atoms with van der Waals surface area (Å²) in [4.78, 5) is 26.0. The van der Waals surface area contributed by atoms with Crippen LogP contribution in [0.2, 0.25) is 0 Å². The van der Waals surface area contributed by atoms with E-state index in [1.807, 2.05) is 24.3 Å². The molecule has 0 atom stereocenters. The zero-order chi connectivity index (χ0) is 13.8. The first kappa shape index (κ1) is 13.1. The minimum Gasteiger partial charge on any atom is -0.469 e. The van der Waals surface area contributed by atoms with Gasteiger partial charge in [0, 0.05) is 17.3 Å². The summed E-state index contributed by atoms with van der Waals surface area (Å²) in [5, 5.41) is 0.923. The smallest absolute Gasteiger partial charge is 0.354 e. The van der Waals surface area contributed by atoms with Gasteiger partial charge in [0.15, 0.2) is 0 Å². The average molecular weight is 261 g/mol. The van der Waals surface area contributed by atoms with Gasteiger partial charge in [0.05, 0.1) is 14.2 Å². The molecule has 19 heavy (non-hydrogen) atoms. The fourth-order valence-corrected chi connectivity index (χ4v) is 2.07. The number of aromatic amines is 1. The molecule has 5 nitrogen and oxygen atoms in total. The van der Waals surface area contributed by atoms with Crippen LogP contribution in [0.4, 0.5) is 0 Å². The van der Waals surface area contributed by atoms with Gasteiger partial charge in [-0.3, -0.25) is 4.79 Å². The first-order valence-corrected chi connectivity index (χ1v) is 5.92. The Labute approximate surface area is 110 Å². The second-order valence-corrected chi connectivity index (χ2v) is 4.09. The van der Waals surface area contributed by atoms with Crippen molar-refractivity contribution in [3.05, 3.63) is 35.5 Å². The number of methoxy groups -OCH3 is 2. The molecule has 0 aliphatic rings. The van der Waals surface area contributed by atoms with Crippen molar-refractivity contribution in [3.8, 4) is 0 Å². The molecule has 0 saturated carbocycles. The Morgan fingerprint density at radius 1 is 1.16 bits per heavy atom. The second-order valence-electron chi connectivity index (χ2n) is 4.09. The molecule has 5 heteroatoms. The molecule has 1 aromatic carbocycles. The van der Waals surface area contributed by atoms with Crippen LogP contribution in [0.25, 0.3) is 10.9 Å². The minimum absolute atomic E-state index is 0.225. The lowest BCUT2D eigenvalue weighted by molar-refractivity contribution is -0.140. The molecule has 1 aromatic heterocycles. The third kappa shape index (κ3) is 2.59. The van der Waals surface area contributed by atoms with Crippen molar-refractivity contribution in [2.24, 2.45) is 0 Å². The fraction of sp³-hybridized carbons (Fsp3) is 0.286. The van der Waals surface area contributed by atoms with E-state index < -0.39 is 5.97 Å². The molecule has 2 rings (SSSR count). The highest BCUT2D eigenvalue weighted by molar-refractivity contribution is 5.98. The van der Waals surface area contributed by atoms with Crippen molar-refractivity contribution in [1.29, 1.82) is 0 Å². The fourth-order valence-electron chi connectivity index (χ4n) is 2.07. The molecule has 100 valence electrons. The van der Waals surface area contributed by atoms with Gasteiger partial charge in [-0.2, -0.15) is 0 Å². The van der Waals surface area contributed by atoms with Crippen molar-refractivity contribution in [2.45, 2.75) is 12.8 Å². The van der Waals surface area contributed by atoms with Crippen molar-refractivity contribution in [3.63, 3.8) is 0 Å². The first-order valence-electron chi connectivity index (χ1n) is 5.92. The lowest BCUT2D eigenvalue weighted by Crippen LogP contribution is -2.07. The van der Waals surface area contributed by atoms with E-state index in [2.05, 4.69) is 9.72 Å². The van der Waals surface area contributed by atoms with Gasteiger partial charge in [0.1, 0.15) is 5.69 Å². The lowest BCUT2D eigenvalue weighted by Gasteiger charge is -2.02. The number of aromatic nitrogens is 1. The number of fused-ring (bicyclic) bond motifs is 1. The number of hydrogen-bond donors (Lipinski definition) is 1. The maximum Gasteiger partial charge on any atom is 0.354 e. The Bertz CT molecular complexity index is 615. The molecule has 0 radical (unpaired) electrons. The molecule has 0 aliphatic heterocycles. The quantitative estimate of drug-likeness (QED) is 0.855. The van der Waals surface area contributed by atoms with Crippen molar-refractivity contribution in [1.82, 2.24) is 4.98 Å². The summed E-state index contributed by atoms with van der Waals surface area (Å²) in [5.41, 5.74) is 2.03. The summed E-state index contributed by atoms with van der Waals surface area (Å²) >= 11 is 0. The van der Waals surface area contributed by atoms with E-state index in [1.54, 1.807) is 0 Å². The van der Waals surface area contributed by atoms with Gasteiger partial charge in [-0.25, -0.2) is 4.79 Å². The van der Waals surface area contributed by atoms with Crippen molar-refractivity contribution in [2.75, 3.05) is 14.2 Å². The largest absolute Gasteiger partial charge is 0.469 e. The summed E-state index contributed by atoms with van der Waals surface area (Å²) in [6, 6.07) is 7.55. The molecule has 1 N–H and O–H groups in total. The van der Waals surface area contributed by atoms with Gasteiger partial charge in [-0.05, 0) is 18.1 Å². The Hall–Kier alpha value is -2.30. The highest BCUT2D eigenvalue weighted by Crippen LogP contribution is 2.24. The number of carbonyl (C=O) groups excluding carboxylic acids is 2. The van der Waals surface area contributed by atoms with E-state index in [-0.39, 0.29) is 12.4 Å². The number of esters is 2. The van der Waals surface area contributed by atoms with E-state index in [9.17, 15) is 9.59 Å². The Balaban J connectivity index is 2.42. The number of para-hydroxylation sites is 1. The number of benzene rings is 1. The molecular weight excluding hydrogens is 246 g/mol. The van der Waals surface area contributed by atoms with Gasteiger partial charge in [0.2, 0.25) is 0 Å². The number of hydrogen-bond acceptors (Lipinski definition) is 4. The third-order valence-electron chi connectivity index (χ3n) is 3.01. The molecule has 2 aromatic rings. The summed E-state index contributed by atoms with van der Waals surface area (Å²) in [5.74, 6) is -0.739. The maximum atomic E-state index is 11.7. The molecule has 0 aliphatic carbocycles. The molecule has 0 bridgehead atoms.